The minimum absolute atomic E-state index is 0. The van der Waals surface area contributed by atoms with Crippen molar-refractivity contribution in [2.75, 3.05) is 0 Å². The molecule has 18 heteroatoms. The van der Waals surface area contributed by atoms with Crippen LogP contribution in [0, 0.1) is 0 Å². The Morgan fingerprint density at radius 3 is 0.851 bits per heavy atom. The molecule has 4 rings (SSSR count). The summed E-state index contributed by atoms with van der Waals surface area (Å²) >= 11 is 0. The van der Waals surface area contributed by atoms with Crippen LogP contribution in [0.1, 0.15) is 61.7 Å². The number of carboxylic acids is 4. The van der Waals surface area contributed by atoms with E-state index in [1.807, 2.05) is 0 Å². The molecule has 2 atom stereocenters. The molecule has 0 fully saturated rings. The molecular weight excluding hydrogens is 734 g/mol. The summed E-state index contributed by atoms with van der Waals surface area (Å²) in [6, 6.07) is 10.2. The minimum atomic E-state index is -1.34. The van der Waals surface area contributed by atoms with Crippen LogP contribution in [0.3, 0.4) is 0 Å². The van der Waals surface area contributed by atoms with Crippen molar-refractivity contribution in [3.8, 4) is 22.8 Å². The van der Waals surface area contributed by atoms with E-state index in [9.17, 15) is 39.6 Å². The Balaban J connectivity index is -0.000000643. The van der Waals surface area contributed by atoms with Crippen molar-refractivity contribution in [2.24, 2.45) is 0 Å². The first-order valence-electron chi connectivity index (χ1n) is 12.3. The molecule has 0 aliphatic rings. The first-order chi connectivity index (χ1) is 20.3. The molecule has 4 aromatic rings. The Bertz CT molecular complexity index is 1390. The number of aromatic carboxylic acids is 4. The largest absolute Gasteiger partial charge is 1.00 e. The maximum Gasteiger partial charge on any atom is 1.00 e. The fourth-order valence-electron chi connectivity index (χ4n) is 3.28. The van der Waals surface area contributed by atoms with Gasteiger partial charge in [0.15, 0.2) is 0 Å². The Hall–Kier alpha value is -1.98. The fraction of sp³-hybridized carbons (Fsp3) is 0.172. The minimum Gasteiger partial charge on any atom is -0.545 e. The van der Waals surface area contributed by atoms with E-state index in [1.165, 1.54) is 73.3 Å². The molecule has 4 aromatic heterocycles. The van der Waals surface area contributed by atoms with Crippen molar-refractivity contribution in [2.45, 2.75) is 32.5 Å². The van der Waals surface area contributed by atoms with Crippen LogP contribution in [-0.4, -0.2) is 66.2 Å². The second kappa shape index (κ2) is 25.1. The zero-order valence-electron chi connectivity index (χ0n) is 26.1. The second-order valence-electron chi connectivity index (χ2n) is 8.80. The normalized spacial score (nSPS) is 10.5. The topological polar surface area (TPSA) is 253 Å². The molecule has 2 unspecified atom stereocenters. The van der Waals surface area contributed by atoms with Crippen LogP contribution in [0.2, 0.25) is 0 Å². The zero-order valence-corrected chi connectivity index (χ0v) is 33.8. The summed E-state index contributed by atoms with van der Waals surface area (Å²) in [4.78, 5) is 58.5. The maximum atomic E-state index is 10.7. The molecule has 0 aliphatic heterocycles. The Kier molecular flexibility index (Phi) is 26.3. The van der Waals surface area contributed by atoms with E-state index in [4.69, 9.17) is 10.2 Å². The summed E-state index contributed by atoms with van der Waals surface area (Å²) in [5.41, 5.74) is 0.779. The van der Waals surface area contributed by atoms with Gasteiger partial charge >= 0.3 is 88.7 Å². The summed E-state index contributed by atoms with van der Waals surface area (Å²) in [5, 5.41) is 59.9. The third-order valence-electron chi connectivity index (χ3n) is 5.19. The predicted octanol–water partition coefficient (Wildman–Crippen LogP) is -11.1. The van der Waals surface area contributed by atoms with E-state index in [1.54, 1.807) is 13.8 Å². The molecular formula is C29H24N4Na3O10Ru-. The smallest absolute Gasteiger partial charge is 0.545 e. The van der Waals surface area contributed by atoms with E-state index in [2.05, 4.69) is 19.9 Å². The average molecular weight is 759 g/mol. The van der Waals surface area contributed by atoms with Gasteiger partial charge in [-0.1, -0.05) is 0 Å². The Morgan fingerprint density at radius 2 is 0.723 bits per heavy atom. The average Bonchev–Trinajstić information content (AvgIpc) is 2.97. The number of hydrogen-bond acceptors (Lipinski definition) is 14. The van der Waals surface area contributed by atoms with Crippen molar-refractivity contribution < 1.29 is 158 Å². The first kappa shape index (κ1) is 49.4. The van der Waals surface area contributed by atoms with E-state index < -0.39 is 23.9 Å². The van der Waals surface area contributed by atoms with Gasteiger partial charge in [-0.2, -0.15) is 0 Å². The molecule has 0 aromatic carbocycles. The van der Waals surface area contributed by atoms with E-state index in [0.717, 1.165) is 0 Å². The van der Waals surface area contributed by atoms with Gasteiger partial charge in [-0.3, -0.25) is 19.9 Å². The van der Waals surface area contributed by atoms with Gasteiger partial charge in [0.25, 0.3) is 0 Å². The Morgan fingerprint density at radius 1 is 0.532 bits per heavy atom. The number of aliphatic hydroxyl groups is 2. The predicted molar refractivity (Wildman–Crippen MR) is 140 cm³/mol. The number of aromatic nitrogens is 4. The molecule has 0 saturated carbocycles. The van der Waals surface area contributed by atoms with Crippen LogP contribution in [0.4, 0.5) is 0 Å². The number of carbonyl (C=O) groups is 4. The van der Waals surface area contributed by atoms with Gasteiger partial charge < -0.3 is 49.8 Å². The van der Waals surface area contributed by atoms with Gasteiger partial charge in [0.05, 0.1) is 58.9 Å². The monoisotopic (exact) mass is 759 g/mol. The summed E-state index contributed by atoms with van der Waals surface area (Å²) in [6.45, 7) is 3.32. The SMILES string of the molecule is CC(O)CC(C)O.O=C([O-])c1ccnc(-c2cc(C(=O)[O-])ccn2)c1.O=C([O-])c1ccnc(-c2cc(C(=O)[O-])ccn2)c1.[Na+].[Na+].[Na+].[Ru]. The summed E-state index contributed by atoms with van der Waals surface area (Å²) in [5.74, 6) is -5.35. The van der Waals surface area contributed by atoms with Crippen LogP contribution in [0.5, 0.6) is 0 Å². The number of rotatable bonds is 8. The third kappa shape index (κ3) is 17.8. The molecule has 0 spiro atoms. The molecule has 0 aliphatic carbocycles. The van der Waals surface area contributed by atoms with Gasteiger partial charge in [0.1, 0.15) is 0 Å². The van der Waals surface area contributed by atoms with Crippen molar-refractivity contribution in [1.82, 2.24) is 19.9 Å². The number of pyridine rings is 4. The molecule has 47 heavy (non-hydrogen) atoms. The molecule has 232 valence electrons. The second-order valence-corrected chi connectivity index (χ2v) is 8.80. The maximum absolute atomic E-state index is 10.7. The molecule has 0 amide bonds. The molecule has 0 bridgehead atoms. The summed E-state index contributed by atoms with van der Waals surface area (Å²) in [7, 11) is 0. The van der Waals surface area contributed by atoms with Crippen LogP contribution >= 0.6 is 0 Å². The van der Waals surface area contributed by atoms with Gasteiger partial charge in [-0.15, -0.1) is 0 Å². The van der Waals surface area contributed by atoms with Crippen molar-refractivity contribution >= 4 is 23.9 Å². The van der Waals surface area contributed by atoms with Gasteiger partial charge in [-0.05, 0) is 68.8 Å². The van der Waals surface area contributed by atoms with Crippen molar-refractivity contribution in [3.63, 3.8) is 0 Å². The van der Waals surface area contributed by atoms with Crippen LogP contribution < -0.4 is 109 Å². The number of nitrogens with zero attached hydrogens (tertiary/aromatic N) is 4. The van der Waals surface area contributed by atoms with Crippen LogP contribution in [0.15, 0.2) is 73.3 Å². The summed E-state index contributed by atoms with van der Waals surface area (Å²) in [6.07, 6.45) is 4.86. The van der Waals surface area contributed by atoms with E-state index in [0.29, 0.717) is 6.42 Å². The molecule has 0 saturated heterocycles. The Labute approximate surface area is 348 Å². The van der Waals surface area contributed by atoms with Gasteiger partial charge in [0, 0.05) is 66.5 Å². The first-order valence-corrected chi connectivity index (χ1v) is 12.3. The molecule has 0 radical (unpaired) electrons. The van der Waals surface area contributed by atoms with Crippen LogP contribution in [0.25, 0.3) is 22.8 Å². The van der Waals surface area contributed by atoms with E-state index >= 15 is 0 Å². The van der Waals surface area contributed by atoms with Crippen molar-refractivity contribution in [3.05, 3.63) is 95.6 Å². The number of aliphatic hydroxyl groups excluding tert-OH is 2. The van der Waals surface area contributed by atoms with Crippen LogP contribution in [-0.2, 0) is 19.5 Å². The summed E-state index contributed by atoms with van der Waals surface area (Å²) < 4.78 is 0. The molecule has 14 nitrogen and oxygen atoms in total. The third-order valence-corrected chi connectivity index (χ3v) is 5.19. The van der Waals surface area contributed by atoms with Gasteiger partial charge in [-0.25, -0.2) is 0 Å². The van der Waals surface area contributed by atoms with Gasteiger partial charge in [0.2, 0.25) is 0 Å². The number of hydrogen-bond donors (Lipinski definition) is 2. The number of carbonyl (C=O) groups excluding carboxylic acids is 4. The zero-order chi connectivity index (χ0) is 32.1. The fourth-order valence-corrected chi connectivity index (χ4v) is 3.28. The standard InChI is InChI=1S/2C12H8N2O4.C5H12O2.3Na.Ru/c2*15-11(16)7-1-3-13-9(5-7)10-6-8(12(17)18)2-4-14-10;1-4(6)3-5(2)7;;;;/h2*1-6H,(H,15,16)(H,17,18);4-7H,3H2,1-2H3;;;;/q;;;3*+1;/p-4. The quantitative estimate of drug-likeness (QED) is 0.158. The van der Waals surface area contributed by atoms with Crippen molar-refractivity contribution in [1.29, 1.82) is 0 Å². The molecule has 2 N–H and O–H groups in total. The van der Waals surface area contributed by atoms with E-state index in [-0.39, 0.29) is 165 Å². The number of carboxylic acid groups (broad SMARTS) is 4. The molecule has 4 heterocycles.